The highest BCUT2D eigenvalue weighted by Crippen LogP contribution is 2.39. The zero-order chi connectivity index (χ0) is 38.0. The molecule has 0 fully saturated rings. The van der Waals surface area contributed by atoms with Gasteiger partial charge in [-0.15, -0.1) is 0 Å². The van der Waals surface area contributed by atoms with E-state index in [4.69, 9.17) is 21.3 Å². The topological polar surface area (TPSA) is 89.0 Å². The lowest BCUT2D eigenvalue weighted by molar-refractivity contribution is 0.669. The van der Waals surface area contributed by atoms with Crippen LogP contribution in [0.25, 0.3) is 66.4 Å². The van der Waals surface area contributed by atoms with Gasteiger partial charge in [0.25, 0.3) is 0 Å². The quantitative estimate of drug-likeness (QED) is 0.118. The van der Waals surface area contributed by atoms with Gasteiger partial charge in [-0.05, 0) is 81.3 Å². The van der Waals surface area contributed by atoms with Gasteiger partial charge in [-0.2, -0.15) is 0 Å². The van der Waals surface area contributed by atoms with Crippen molar-refractivity contribution in [2.24, 2.45) is 11.5 Å². The largest absolute Gasteiger partial charge is 0.456 e. The Morgan fingerprint density at radius 1 is 0.473 bits per heavy atom. The molecule has 0 bridgehead atoms. The Bertz CT molecular complexity index is 2650. The van der Waals surface area contributed by atoms with Crippen LogP contribution in [0.2, 0.25) is 0 Å². The molecule has 1 heterocycles. The average Bonchev–Trinajstić information content (AvgIpc) is 3.63. The molecule has 9 aromatic rings. The molecule has 4 heteroatoms. The molecule has 0 saturated heterocycles. The minimum Gasteiger partial charge on any atom is -0.456 e. The number of fused-ring (bicyclic) bond motifs is 3. The van der Waals surface area contributed by atoms with E-state index in [1.165, 1.54) is 38.9 Å². The third-order valence-corrected chi connectivity index (χ3v) is 9.57. The first kappa shape index (κ1) is 36.4. The van der Waals surface area contributed by atoms with Crippen LogP contribution in [0.15, 0.2) is 205 Å². The average molecular weight is 714 g/mol. The van der Waals surface area contributed by atoms with Crippen molar-refractivity contribution in [2.75, 3.05) is 0 Å². The SMILES string of the molecule is Cc1ccccc1.N=C(N)c1cccc2oc3ccc(-c4cc(-c5ccccc5)ccc4-c4ccccc4)cc3c12.NCc1ccccc1-c1ccccc1. The molecule has 55 heavy (non-hydrogen) atoms. The number of amidine groups is 1. The van der Waals surface area contributed by atoms with Crippen LogP contribution in [0.5, 0.6) is 0 Å². The fraction of sp³-hybridized carbons (Fsp3) is 0.0392. The lowest BCUT2D eigenvalue weighted by atomic mass is 9.90. The van der Waals surface area contributed by atoms with Crippen LogP contribution < -0.4 is 11.5 Å². The predicted molar refractivity (Wildman–Crippen MR) is 232 cm³/mol. The first-order valence-electron chi connectivity index (χ1n) is 18.4. The first-order chi connectivity index (χ1) is 27.0. The van der Waals surface area contributed by atoms with Crippen molar-refractivity contribution < 1.29 is 4.42 Å². The van der Waals surface area contributed by atoms with Gasteiger partial charge in [0.1, 0.15) is 17.0 Å². The lowest BCUT2D eigenvalue weighted by Crippen LogP contribution is -2.11. The van der Waals surface area contributed by atoms with Crippen LogP contribution in [-0.2, 0) is 6.54 Å². The maximum atomic E-state index is 8.06. The van der Waals surface area contributed by atoms with Gasteiger partial charge in [0.2, 0.25) is 0 Å². The third kappa shape index (κ3) is 8.47. The van der Waals surface area contributed by atoms with Crippen molar-refractivity contribution in [3.63, 3.8) is 0 Å². The maximum absolute atomic E-state index is 8.06. The fourth-order valence-electron chi connectivity index (χ4n) is 6.81. The van der Waals surface area contributed by atoms with Crippen LogP contribution in [0.1, 0.15) is 16.7 Å². The fourth-order valence-corrected chi connectivity index (χ4v) is 6.81. The summed E-state index contributed by atoms with van der Waals surface area (Å²) in [4.78, 5) is 0. The van der Waals surface area contributed by atoms with Crippen LogP contribution in [0, 0.1) is 12.3 Å². The Morgan fingerprint density at radius 2 is 1.04 bits per heavy atom. The van der Waals surface area contributed by atoms with Gasteiger partial charge in [0.15, 0.2) is 0 Å². The number of aryl methyl sites for hydroxylation is 1. The standard InChI is InChI=1S/C31H22N2O.C13H13N.C7H8/c32-31(33)25-12-7-13-29-30(25)27-19-23(15-17-28(27)34-29)26-18-22(20-8-3-1-4-9-20)14-16-24(26)21-10-5-2-6-11-21;14-10-12-8-4-5-9-13(12)11-6-2-1-3-7-11;1-7-5-3-2-4-6-7/h1-19H,(H3,32,33);1-9H,10,14H2;2-6H,1H3. The van der Waals surface area contributed by atoms with Crippen molar-refractivity contribution in [3.8, 4) is 44.5 Å². The minimum absolute atomic E-state index is 0.0368. The summed E-state index contributed by atoms with van der Waals surface area (Å²) in [6.45, 7) is 2.67. The summed E-state index contributed by atoms with van der Waals surface area (Å²) in [5.41, 5.74) is 25.7. The number of nitrogens with one attached hydrogen (secondary N) is 1. The number of nitrogens with two attached hydrogens (primary N) is 2. The number of benzene rings is 8. The van der Waals surface area contributed by atoms with Crippen molar-refractivity contribution in [1.29, 1.82) is 5.41 Å². The molecular weight excluding hydrogens is 671 g/mol. The molecule has 0 spiro atoms. The van der Waals surface area contributed by atoms with Gasteiger partial charge in [-0.25, -0.2) is 0 Å². The molecule has 4 nitrogen and oxygen atoms in total. The Hall–Kier alpha value is -7.01. The molecular formula is C51H43N3O. The van der Waals surface area contributed by atoms with Gasteiger partial charge >= 0.3 is 0 Å². The van der Waals surface area contributed by atoms with Crippen LogP contribution in [-0.4, -0.2) is 5.84 Å². The second-order valence-electron chi connectivity index (χ2n) is 13.3. The summed E-state index contributed by atoms with van der Waals surface area (Å²) in [5, 5.41) is 9.90. The molecule has 0 aliphatic carbocycles. The van der Waals surface area contributed by atoms with E-state index >= 15 is 0 Å². The predicted octanol–water partition coefficient (Wildman–Crippen LogP) is 12.7. The highest BCUT2D eigenvalue weighted by Gasteiger charge is 2.16. The van der Waals surface area contributed by atoms with Gasteiger partial charge in [-0.1, -0.05) is 181 Å². The summed E-state index contributed by atoms with van der Waals surface area (Å²) in [6, 6.07) is 68.3. The van der Waals surface area contributed by atoms with E-state index in [1.54, 1.807) is 0 Å². The Balaban J connectivity index is 0.000000181. The van der Waals surface area contributed by atoms with Crippen LogP contribution >= 0.6 is 0 Å². The van der Waals surface area contributed by atoms with Crippen molar-refractivity contribution in [1.82, 2.24) is 0 Å². The van der Waals surface area contributed by atoms with Gasteiger partial charge < -0.3 is 15.9 Å². The zero-order valence-electron chi connectivity index (χ0n) is 30.8. The summed E-state index contributed by atoms with van der Waals surface area (Å²) >= 11 is 0. The number of furan rings is 1. The molecule has 0 atom stereocenters. The number of nitrogen functional groups attached to an aromatic ring is 1. The van der Waals surface area contributed by atoms with E-state index in [9.17, 15) is 0 Å². The second-order valence-corrected chi connectivity index (χ2v) is 13.3. The summed E-state index contributed by atoms with van der Waals surface area (Å²) in [5.74, 6) is 0.0368. The Kier molecular flexibility index (Phi) is 11.4. The van der Waals surface area contributed by atoms with Crippen molar-refractivity contribution in [2.45, 2.75) is 13.5 Å². The number of rotatable bonds is 6. The summed E-state index contributed by atoms with van der Waals surface area (Å²) in [7, 11) is 0. The Labute approximate surface area is 322 Å². The zero-order valence-corrected chi connectivity index (χ0v) is 30.8. The highest BCUT2D eigenvalue weighted by molar-refractivity contribution is 6.17. The Morgan fingerprint density at radius 3 is 1.64 bits per heavy atom. The molecule has 0 radical (unpaired) electrons. The molecule has 0 aliphatic heterocycles. The van der Waals surface area contributed by atoms with Crippen molar-refractivity contribution >= 4 is 27.8 Å². The van der Waals surface area contributed by atoms with Gasteiger partial charge in [0, 0.05) is 22.9 Å². The smallest absolute Gasteiger partial charge is 0.136 e. The highest BCUT2D eigenvalue weighted by atomic mass is 16.3. The lowest BCUT2D eigenvalue weighted by Gasteiger charge is -2.13. The maximum Gasteiger partial charge on any atom is 0.136 e. The van der Waals surface area contributed by atoms with Crippen LogP contribution in [0.4, 0.5) is 0 Å². The van der Waals surface area contributed by atoms with Gasteiger partial charge in [-0.3, -0.25) is 5.41 Å². The van der Waals surface area contributed by atoms with E-state index in [-0.39, 0.29) is 5.84 Å². The normalized spacial score (nSPS) is 10.6. The number of hydrogen-bond donors (Lipinski definition) is 3. The van der Waals surface area contributed by atoms with E-state index in [0.29, 0.717) is 12.1 Å². The monoisotopic (exact) mass is 713 g/mol. The first-order valence-corrected chi connectivity index (χ1v) is 18.4. The molecule has 268 valence electrons. The van der Waals surface area contributed by atoms with E-state index < -0.39 is 0 Å². The van der Waals surface area contributed by atoms with E-state index in [0.717, 1.165) is 38.6 Å². The third-order valence-electron chi connectivity index (χ3n) is 9.57. The second kappa shape index (κ2) is 17.2. The molecule has 9 rings (SSSR count). The van der Waals surface area contributed by atoms with Gasteiger partial charge in [0.05, 0.1) is 0 Å². The number of hydrogen-bond acceptors (Lipinski definition) is 3. The van der Waals surface area contributed by atoms with E-state index in [2.05, 4.69) is 122 Å². The molecule has 1 aromatic heterocycles. The molecule has 0 aliphatic rings. The molecule has 0 saturated carbocycles. The van der Waals surface area contributed by atoms with E-state index in [1.807, 2.05) is 84.9 Å². The minimum atomic E-state index is 0.0368. The molecule has 5 N–H and O–H groups in total. The van der Waals surface area contributed by atoms with Crippen LogP contribution in [0.3, 0.4) is 0 Å². The summed E-state index contributed by atoms with van der Waals surface area (Å²) in [6.07, 6.45) is 0. The molecule has 8 aromatic carbocycles. The molecule has 0 unspecified atom stereocenters. The van der Waals surface area contributed by atoms with Crippen molar-refractivity contribution in [3.05, 3.63) is 217 Å². The molecule has 0 amide bonds. The summed E-state index contributed by atoms with van der Waals surface area (Å²) < 4.78 is 6.09.